The lowest BCUT2D eigenvalue weighted by Crippen LogP contribution is -2.52. The number of nitrogens with one attached hydrogen (secondary N) is 2. The van der Waals surface area contributed by atoms with Crippen molar-refractivity contribution in [1.82, 2.24) is 10.6 Å². The highest BCUT2D eigenvalue weighted by atomic mass is 16.4. The van der Waals surface area contributed by atoms with Crippen LogP contribution in [0.15, 0.2) is 54.6 Å². The molecule has 0 fully saturated rings. The zero-order chi connectivity index (χ0) is 23.7. The van der Waals surface area contributed by atoms with Gasteiger partial charge in [-0.1, -0.05) is 62.4 Å². The molecule has 0 unspecified atom stereocenters. The van der Waals surface area contributed by atoms with Gasteiger partial charge in [0.15, 0.2) is 0 Å². The van der Waals surface area contributed by atoms with Crippen LogP contribution in [0.1, 0.15) is 37.8 Å². The van der Waals surface area contributed by atoms with Gasteiger partial charge in [-0.15, -0.1) is 0 Å². The number of phenols is 1. The minimum atomic E-state index is -1.20. The Balaban J connectivity index is 2.03. The van der Waals surface area contributed by atoms with E-state index in [1.54, 1.807) is 42.5 Å². The van der Waals surface area contributed by atoms with Gasteiger partial charge in [0.2, 0.25) is 5.91 Å². The summed E-state index contributed by atoms with van der Waals surface area (Å²) in [7, 11) is 0. The first kappa shape index (κ1) is 24.9. The molecule has 0 spiro atoms. The molecule has 5 N–H and O–H groups in total. The Morgan fingerprint density at radius 2 is 1.56 bits per heavy atom. The van der Waals surface area contributed by atoms with E-state index >= 15 is 0 Å². The molecule has 2 aromatic carbocycles. The molecule has 0 radical (unpaired) electrons. The van der Waals surface area contributed by atoms with Crippen molar-refractivity contribution in [3.63, 3.8) is 0 Å². The molecule has 8 heteroatoms. The molecule has 0 aliphatic carbocycles. The molecule has 2 rings (SSSR count). The van der Waals surface area contributed by atoms with Crippen molar-refractivity contribution in [3.05, 3.63) is 65.7 Å². The zero-order valence-corrected chi connectivity index (χ0v) is 18.2. The van der Waals surface area contributed by atoms with Crippen LogP contribution in [0.4, 0.5) is 0 Å². The minimum absolute atomic E-state index is 0.0853. The van der Waals surface area contributed by atoms with Crippen LogP contribution in [0.2, 0.25) is 0 Å². The van der Waals surface area contributed by atoms with Gasteiger partial charge in [0.25, 0.3) is 0 Å². The molecular formula is C24H30N2O6. The summed E-state index contributed by atoms with van der Waals surface area (Å²) in [6, 6.07) is 13.6. The molecule has 32 heavy (non-hydrogen) atoms. The summed E-state index contributed by atoms with van der Waals surface area (Å²) < 4.78 is 0. The summed E-state index contributed by atoms with van der Waals surface area (Å²) in [5.41, 5.74) is 1.06. The first-order valence-electron chi connectivity index (χ1n) is 10.4. The van der Waals surface area contributed by atoms with E-state index in [4.69, 9.17) is 0 Å². The third-order valence-electron chi connectivity index (χ3n) is 5.37. The average Bonchev–Trinajstić information content (AvgIpc) is 2.73. The minimum Gasteiger partial charge on any atom is -0.508 e. The molecule has 0 aromatic heterocycles. The number of rotatable bonds is 12. The van der Waals surface area contributed by atoms with Crippen LogP contribution in [-0.2, 0) is 26.2 Å². The maximum atomic E-state index is 12.7. The number of aliphatic carboxylic acids is 2. The number of hydrogen-bond acceptors (Lipinski definition) is 5. The molecule has 1 amide bonds. The van der Waals surface area contributed by atoms with Crippen LogP contribution in [-0.4, -0.2) is 51.8 Å². The van der Waals surface area contributed by atoms with Gasteiger partial charge < -0.3 is 26.0 Å². The van der Waals surface area contributed by atoms with Gasteiger partial charge in [0, 0.05) is 6.42 Å². The smallest absolute Gasteiger partial charge is 0.326 e. The number of carboxylic acid groups (broad SMARTS) is 2. The molecule has 0 aliphatic heterocycles. The Morgan fingerprint density at radius 1 is 0.938 bits per heavy atom. The van der Waals surface area contributed by atoms with Gasteiger partial charge in [0.05, 0.1) is 12.5 Å². The van der Waals surface area contributed by atoms with Crippen molar-refractivity contribution in [2.75, 3.05) is 6.54 Å². The lowest BCUT2D eigenvalue weighted by Gasteiger charge is -2.27. The average molecular weight is 443 g/mol. The Morgan fingerprint density at radius 3 is 2.16 bits per heavy atom. The molecule has 0 saturated heterocycles. The molecule has 2 aromatic rings. The van der Waals surface area contributed by atoms with Crippen molar-refractivity contribution < 1.29 is 29.7 Å². The van der Waals surface area contributed by atoms with Crippen LogP contribution in [0, 0.1) is 0 Å². The van der Waals surface area contributed by atoms with Crippen molar-refractivity contribution in [3.8, 4) is 5.75 Å². The van der Waals surface area contributed by atoms with Gasteiger partial charge in [0.1, 0.15) is 11.8 Å². The third-order valence-corrected chi connectivity index (χ3v) is 5.37. The van der Waals surface area contributed by atoms with E-state index in [9.17, 15) is 29.7 Å². The van der Waals surface area contributed by atoms with E-state index in [0.29, 0.717) is 13.0 Å². The van der Waals surface area contributed by atoms with E-state index in [-0.39, 0.29) is 12.2 Å². The van der Waals surface area contributed by atoms with Crippen LogP contribution in [0.25, 0.3) is 0 Å². The second-order valence-electron chi connectivity index (χ2n) is 8.34. The summed E-state index contributed by atoms with van der Waals surface area (Å²) in [6.45, 7) is 4.18. The summed E-state index contributed by atoms with van der Waals surface area (Å²) in [5.74, 6) is -2.89. The number of amides is 1. The first-order valence-corrected chi connectivity index (χ1v) is 10.4. The fourth-order valence-corrected chi connectivity index (χ4v) is 3.49. The van der Waals surface area contributed by atoms with E-state index in [2.05, 4.69) is 10.6 Å². The Kier molecular flexibility index (Phi) is 8.78. The van der Waals surface area contributed by atoms with Crippen molar-refractivity contribution in [1.29, 1.82) is 0 Å². The highest BCUT2D eigenvalue weighted by molar-refractivity contribution is 5.89. The van der Waals surface area contributed by atoms with Crippen molar-refractivity contribution in [2.24, 2.45) is 0 Å². The predicted octanol–water partition coefficient (Wildman–Crippen LogP) is 2.30. The van der Waals surface area contributed by atoms with Crippen molar-refractivity contribution >= 4 is 17.8 Å². The van der Waals surface area contributed by atoms with Crippen molar-refractivity contribution in [2.45, 2.75) is 50.6 Å². The van der Waals surface area contributed by atoms with Crippen LogP contribution in [0.5, 0.6) is 5.75 Å². The SMILES string of the molecule is CC(C)(CCN[C@@H](CC(=O)O)C(=O)N[C@@H](Cc1ccccc1)C(=O)O)c1ccccc1O. The van der Waals surface area contributed by atoms with Gasteiger partial charge >= 0.3 is 11.9 Å². The van der Waals surface area contributed by atoms with Crippen LogP contribution < -0.4 is 10.6 Å². The Hall–Kier alpha value is -3.39. The second kappa shape index (κ2) is 11.3. The monoisotopic (exact) mass is 442 g/mol. The lowest BCUT2D eigenvalue weighted by atomic mass is 9.81. The molecule has 172 valence electrons. The highest BCUT2D eigenvalue weighted by Crippen LogP contribution is 2.33. The lowest BCUT2D eigenvalue weighted by molar-refractivity contribution is -0.143. The molecule has 8 nitrogen and oxygen atoms in total. The van der Waals surface area contributed by atoms with Gasteiger partial charge in [-0.05, 0) is 35.6 Å². The zero-order valence-electron chi connectivity index (χ0n) is 18.2. The molecule has 0 saturated carbocycles. The first-order chi connectivity index (χ1) is 15.1. The topological polar surface area (TPSA) is 136 Å². The van der Waals surface area contributed by atoms with Gasteiger partial charge in [-0.3, -0.25) is 9.59 Å². The molecule has 0 aliphatic rings. The molecular weight excluding hydrogens is 412 g/mol. The largest absolute Gasteiger partial charge is 0.508 e. The number of para-hydroxylation sites is 1. The third kappa shape index (κ3) is 7.39. The maximum Gasteiger partial charge on any atom is 0.326 e. The quantitative estimate of drug-likeness (QED) is 0.340. The number of benzene rings is 2. The van der Waals surface area contributed by atoms with Gasteiger partial charge in [-0.25, -0.2) is 4.79 Å². The number of hydrogen-bond donors (Lipinski definition) is 5. The van der Waals surface area contributed by atoms with Gasteiger partial charge in [-0.2, -0.15) is 0 Å². The number of aromatic hydroxyl groups is 1. The normalized spacial score (nSPS) is 13.2. The van der Waals surface area contributed by atoms with E-state index < -0.39 is 41.8 Å². The van der Waals surface area contributed by atoms with Crippen LogP contribution in [0.3, 0.4) is 0 Å². The summed E-state index contributed by atoms with van der Waals surface area (Å²) in [4.78, 5) is 35.6. The standard InChI is InChI=1S/C24H30N2O6/c1-24(2,17-10-6-7-11-20(17)27)12-13-25-18(15-21(28)29)22(30)26-19(23(31)32)14-16-8-4-3-5-9-16/h3-11,18-19,25,27H,12-15H2,1-2H3,(H,26,30)(H,28,29)(H,31,32)/t18-,19-/m0/s1. The number of phenolic OH excluding ortho intramolecular Hbond substituents is 1. The molecule has 0 heterocycles. The Labute approximate surface area is 187 Å². The summed E-state index contributed by atoms with van der Waals surface area (Å²) in [6.07, 6.45) is 0.114. The summed E-state index contributed by atoms with van der Waals surface area (Å²) >= 11 is 0. The number of carbonyl (C=O) groups is 3. The summed E-state index contributed by atoms with van der Waals surface area (Å²) in [5, 5.41) is 34.2. The number of carboxylic acids is 2. The van der Waals surface area contributed by atoms with E-state index in [0.717, 1.165) is 11.1 Å². The molecule has 0 bridgehead atoms. The Bertz CT molecular complexity index is 929. The maximum absolute atomic E-state index is 12.7. The van der Waals surface area contributed by atoms with Crippen LogP contribution >= 0.6 is 0 Å². The molecule has 2 atom stereocenters. The second-order valence-corrected chi connectivity index (χ2v) is 8.34. The predicted molar refractivity (Wildman–Crippen MR) is 120 cm³/mol. The fourth-order valence-electron chi connectivity index (χ4n) is 3.49. The van der Waals surface area contributed by atoms with E-state index in [1.165, 1.54) is 0 Å². The fraction of sp³-hybridized carbons (Fsp3) is 0.375. The highest BCUT2D eigenvalue weighted by Gasteiger charge is 2.28. The number of carbonyl (C=O) groups excluding carboxylic acids is 1. The van der Waals surface area contributed by atoms with E-state index in [1.807, 2.05) is 26.0 Å².